The third-order valence-corrected chi connectivity index (χ3v) is 4.05. The standard InChI is InChI=1S/C20H24O2/c1-3-16(2)18-11-12-20(19(14-18)15-21)22-13-7-10-17-8-5-4-6-9-17/h4-6,8-9,11-12,14-16H,3,7,10,13H2,1-2H3. The Morgan fingerprint density at radius 2 is 1.91 bits per heavy atom. The first-order valence-electron chi connectivity index (χ1n) is 8.00. The Bertz CT molecular complexity index is 590. The van der Waals surface area contributed by atoms with Crippen molar-refractivity contribution in [2.45, 2.75) is 39.0 Å². The molecule has 0 N–H and O–H groups in total. The van der Waals surface area contributed by atoms with Crippen LogP contribution in [0.25, 0.3) is 0 Å². The second-order valence-corrected chi connectivity index (χ2v) is 5.66. The minimum Gasteiger partial charge on any atom is -0.493 e. The van der Waals surface area contributed by atoms with Gasteiger partial charge in [-0.05, 0) is 48.4 Å². The molecule has 22 heavy (non-hydrogen) atoms. The Kier molecular flexibility index (Phi) is 6.20. The molecule has 0 saturated heterocycles. The number of hydrogen-bond donors (Lipinski definition) is 0. The minimum atomic E-state index is 0.464. The zero-order chi connectivity index (χ0) is 15.8. The molecule has 2 heteroatoms. The van der Waals surface area contributed by atoms with Gasteiger partial charge in [-0.15, -0.1) is 0 Å². The summed E-state index contributed by atoms with van der Waals surface area (Å²) >= 11 is 0. The molecule has 0 saturated carbocycles. The number of benzene rings is 2. The molecule has 0 amide bonds. The van der Waals surface area contributed by atoms with E-state index < -0.39 is 0 Å². The van der Waals surface area contributed by atoms with Crippen molar-refractivity contribution in [2.24, 2.45) is 0 Å². The number of rotatable bonds is 8. The normalized spacial score (nSPS) is 11.9. The van der Waals surface area contributed by atoms with Crippen molar-refractivity contribution in [2.75, 3.05) is 6.61 Å². The fraction of sp³-hybridized carbons (Fsp3) is 0.350. The molecule has 1 atom stereocenters. The number of aryl methyl sites for hydroxylation is 1. The molecule has 1 unspecified atom stereocenters. The van der Waals surface area contributed by atoms with Crippen LogP contribution >= 0.6 is 0 Å². The molecular formula is C20H24O2. The fourth-order valence-corrected chi connectivity index (χ4v) is 2.44. The van der Waals surface area contributed by atoms with Crippen molar-refractivity contribution < 1.29 is 9.53 Å². The van der Waals surface area contributed by atoms with Gasteiger partial charge in [-0.1, -0.05) is 50.2 Å². The highest BCUT2D eigenvalue weighted by molar-refractivity contribution is 5.79. The van der Waals surface area contributed by atoms with Crippen LogP contribution in [0.2, 0.25) is 0 Å². The van der Waals surface area contributed by atoms with Crippen LogP contribution in [0.1, 0.15) is 54.1 Å². The van der Waals surface area contributed by atoms with Crippen LogP contribution in [-0.2, 0) is 6.42 Å². The molecule has 0 aliphatic rings. The van der Waals surface area contributed by atoms with E-state index in [2.05, 4.69) is 32.0 Å². The Hall–Kier alpha value is -2.09. The van der Waals surface area contributed by atoms with Gasteiger partial charge in [-0.25, -0.2) is 0 Å². The van der Waals surface area contributed by atoms with Crippen LogP contribution in [0.3, 0.4) is 0 Å². The average Bonchev–Trinajstić information content (AvgIpc) is 2.59. The summed E-state index contributed by atoms with van der Waals surface area (Å²) in [4.78, 5) is 11.3. The van der Waals surface area contributed by atoms with E-state index in [-0.39, 0.29) is 0 Å². The zero-order valence-corrected chi connectivity index (χ0v) is 13.4. The SMILES string of the molecule is CCC(C)c1ccc(OCCCc2ccccc2)c(C=O)c1. The van der Waals surface area contributed by atoms with Crippen LogP contribution in [0.15, 0.2) is 48.5 Å². The maximum atomic E-state index is 11.3. The second-order valence-electron chi connectivity index (χ2n) is 5.66. The third kappa shape index (κ3) is 4.45. The number of aldehydes is 1. The van der Waals surface area contributed by atoms with Crippen LogP contribution in [-0.4, -0.2) is 12.9 Å². The van der Waals surface area contributed by atoms with Crippen LogP contribution in [0.5, 0.6) is 5.75 Å². The van der Waals surface area contributed by atoms with Gasteiger partial charge >= 0.3 is 0 Å². The van der Waals surface area contributed by atoms with E-state index in [1.165, 1.54) is 11.1 Å². The Labute approximate surface area is 133 Å². The second kappa shape index (κ2) is 8.38. The van der Waals surface area contributed by atoms with Crippen molar-refractivity contribution in [1.29, 1.82) is 0 Å². The summed E-state index contributed by atoms with van der Waals surface area (Å²) in [5, 5.41) is 0. The first-order chi connectivity index (χ1) is 10.7. The van der Waals surface area contributed by atoms with E-state index in [4.69, 9.17) is 4.74 Å². The molecule has 2 aromatic carbocycles. The highest BCUT2D eigenvalue weighted by Gasteiger charge is 2.08. The molecule has 0 spiro atoms. The molecule has 0 aliphatic carbocycles. The zero-order valence-electron chi connectivity index (χ0n) is 13.4. The Morgan fingerprint density at radius 3 is 2.59 bits per heavy atom. The lowest BCUT2D eigenvalue weighted by Crippen LogP contribution is -2.03. The van der Waals surface area contributed by atoms with E-state index in [0.717, 1.165) is 25.5 Å². The van der Waals surface area contributed by atoms with E-state index in [1.807, 2.05) is 30.3 Å². The third-order valence-electron chi connectivity index (χ3n) is 4.05. The van der Waals surface area contributed by atoms with Crippen molar-refractivity contribution in [3.05, 3.63) is 65.2 Å². The first kappa shape index (κ1) is 16.3. The summed E-state index contributed by atoms with van der Waals surface area (Å²) in [6, 6.07) is 16.3. The summed E-state index contributed by atoms with van der Waals surface area (Å²) in [5.74, 6) is 1.15. The molecule has 2 rings (SSSR count). The van der Waals surface area contributed by atoms with Gasteiger partial charge in [-0.2, -0.15) is 0 Å². The Balaban J connectivity index is 1.91. The molecular weight excluding hydrogens is 272 g/mol. The molecule has 116 valence electrons. The maximum absolute atomic E-state index is 11.3. The summed E-state index contributed by atoms with van der Waals surface area (Å²) in [6.07, 6.45) is 3.88. The van der Waals surface area contributed by atoms with Crippen molar-refractivity contribution in [3.8, 4) is 5.75 Å². The van der Waals surface area contributed by atoms with Crippen molar-refractivity contribution in [3.63, 3.8) is 0 Å². The van der Waals surface area contributed by atoms with Crippen LogP contribution in [0, 0.1) is 0 Å². The minimum absolute atomic E-state index is 0.464. The predicted octanol–water partition coefficient (Wildman–Crippen LogP) is 5.02. The molecule has 0 heterocycles. The van der Waals surface area contributed by atoms with Crippen LogP contribution in [0.4, 0.5) is 0 Å². The van der Waals surface area contributed by atoms with Gasteiger partial charge in [0.2, 0.25) is 0 Å². The van der Waals surface area contributed by atoms with Gasteiger partial charge < -0.3 is 4.74 Å². The van der Waals surface area contributed by atoms with Gasteiger partial charge in [0.05, 0.1) is 12.2 Å². The average molecular weight is 296 g/mol. The maximum Gasteiger partial charge on any atom is 0.153 e. The predicted molar refractivity (Wildman–Crippen MR) is 90.8 cm³/mol. The van der Waals surface area contributed by atoms with Gasteiger partial charge in [0.15, 0.2) is 6.29 Å². The quantitative estimate of drug-likeness (QED) is 0.505. The highest BCUT2D eigenvalue weighted by Crippen LogP contribution is 2.25. The summed E-state index contributed by atoms with van der Waals surface area (Å²) in [7, 11) is 0. The summed E-state index contributed by atoms with van der Waals surface area (Å²) in [5.41, 5.74) is 3.16. The molecule has 0 radical (unpaired) electrons. The number of ether oxygens (including phenoxy) is 1. The van der Waals surface area contributed by atoms with E-state index in [0.29, 0.717) is 23.8 Å². The lowest BCUT2D eigenvalue weighted by atomic mass is 9.97. The number of carbonyl (C=O) groups excluding carboxylic acids is 1. The summed E-state index contributed by atoms with van der Waals surface area (Å²) < 4.78 is 5.79. The fourth-order valence-electron chi connectivity index (χ4n) is 2.44. The highest BCUT2D eigenvalue weighted by atomic mass is 16.5. The number of carbonyl (C=O) groups is 1. The smallest absolute Gasteiger partial charge is 0.153 e. The Morgan fingerprint density at radius 1 is 1.14 bits per heavy atom. The topological polar surface area (TPSA) is 26.3 Å². The van der Waals surface area contributed by atoms with E-state index >= 15 is 0 Å². The van der Waals surface area contributed by atoms with E-state index in [1.54, 1.807) is 0 Å². The van der Waals surface area contributed by atoms with Gasteiger partial charge in [0.25, 0.3) is 0 Å². The molecule has 2 nitrogen and oxygen atoms in total. The molecule has 0 bridgehead atoms. The van der Waals surface area contributed by atoms with Gasteiger partial charge in [-0.3, -0.25) is 4.79 Å². The molecule has 0 fully saturated rings. The molecule has 0 aliphatic heterocycles. The van der Waals surface area contributed by atoms with Gasteiger partial charge in [0, 0.05) is 0 Å². The van der Waals surface area contributed by atoms with E-state index in [9.17, 15) is 4.79 Å². The molecule has 2 aromatic rings. The van der Waals surface area contributed by atoms with Crippen LogP contribution < -0.4 is 4.74 Å². The number of hydrogen-bond acceptors (Lipinski definition) is 2. The van der Waals surface area contributed by atoms with Crippen molar-refractivity contribution in [1.82, 2.24) is 0 Å². The lowest BCUT2D eigenvalue weighted by molar-refractivity contribution is 0.111. The monoisotopic (exact) mass is 296 g/mol. The molecule has 0 aromatic heterocycles. The largest absolute Gasteiger partial charge is 0.493 e. The first-order valence-corrected chi connectivity index (χ1v) is 8.00. The summed E-state index contributed by atoms with van der Waals surface area (Å²) in [6.45, 7) is 4.95. The lowest BCUT2D eigenvalue weighted by Gasteiger charge is -2.13. The van der Waals surface area contributed by atoms with Gasteiger partial charge in [0.1, 0.15) is 5.75 Å². The van der Waals surface area contributed by atoms with Crippen molar-refractivity contribution >= 4 is 6.29 Å².